The largest absolute Gasteiger partial charge is 0.497 e. The smallest absolute Gasteiger partial charge is 0.161 e. The van der Waals surface area contributed by atoms with Gasteiger partial charge in [-0.05, 0) is 49.9 Å². The van der Waals surface area contributed by atoms with Gasteiger partial charge in [-0.25, -0.2) is 9.97 Å². The summed E-state index contributed by atoms with van der Waals surface area (Å²) >= 11 is 6.35. The normalized spacial score (nSPS) is 14.5. The van der Waals surface area contributed by atoms with Crippen molar-refractivity contribution in [1.29, 1.82) is 0 Å². The first-order valence-corrected chi connectivity index (χ1v) is 7.35. The van der Waals surface area contributed by atoms with Crippen LogP contribution in [0.25, 0.3) is 11.4 Å². The van der Waals surface area contributed by atoms with Crippen molar-refractivity contribution in [1.82, 2.24) is 9.97 Å². The number of ether oxygens (including phenoxy) is 1. The highest BCUT2D eigenvalue weighted by Crippen LogP contribution is 2.28. The molecule has 0 aliphatic heterocycles. The van der Waals surface area contributed by atoms with E-state index in [0.717, 1.165) is 35.4 Å². The standard InChI is InChI=1S/C16H17ClN2O/c1-20-12-9-7-11(8-10-12)16-18-14-6-4-2-3-5-13(14)15(17)19-16/h7-10H,2-6H2,1H3. The highest BCUT2D eigenvalue weighted by atomic mass is 35.5. The minimum absolute atomic E-state index is 0.614. The molecule has 0 amide bonds. The van der Waals surface area contributed by atoms with Gasteiger partial charge in [0.25, 0.3) is 0 Å². The van der Waals surface area contributed by atoms with Gasteiger partial charge in [-0.15, -0.1) is 0 Å². The molecule has 3 nitrogen and oxygen atoms in total. The molecule has 1 aliphatic rings. The van der Waals surface area contributed by atoms with E-state index in [1.54, 1.807) is 7.11 Å². The summed E-state index contributed by atoms with van der Waals surface area (Å²) in [7, 11) is 1.66. The summed E-state index contributed by atoms with van der Waals surface area (Å²) in [6.45, 7) is 0. The van der Waals surface area contributed by atoms with Crippen LogP contribution in [-0.4, -0.2) is 17.1 Å². The Bertz CT molecular complexity index is 611. The highest BCUT2D eigenvalue weighted by molar-refractivity contribution is 6.30. The van der Waals surface area contributed by atoms with Crippen LogP contribution in [0.4, 0.5) is 0 Å². The molecule has 0 atom stereocenters. The Kier molecular flexibility index (Phi) is 3.88. The van der Waals surface area contributed by atoms with E-state index in [4.69, 9.17) is 21.3 Å². The monoisotopic (exact) mass is 288 g/mol. The zero-order chi connectivity index (χ0) is 13.9. The van der Waals surface area contributed by atoms with Gasteiger partial charge >= 0.3 is 0 Å². The molecular weight excluding hydrogens is 272 g/mol. The number of hydrogen-bond acceptors (Lipinski definition) is 3. The molecular formula is C16H17ClN2O. The minimum Gasteiger partial charge on any atom is -0.497 e. The molecule has 0 bridgehead atoms. The lowest BCUT2D eigenvalue weighted by molar-refractivity contribution is 0.415. The van der Waals surface area contributed by atoms with E-state index in [1.165, 1.54) is 19.3 Å². The molecule has 20 heavy (non-hydrogen) atoms. The van der Waals surface area contributed by atoms with Crippen LogP contribution in [0.15, 0.2) is 24.3 Å². The number of nitrogens with zero attached hydrogens (tertiary/aromatic N) is 2. The molecule has 1 aromatic heterocycles. The Hall–Kier alpha value is -1.61. The third kappa shape index (κ3) is 2.63. The zero-order valence-corrected chi connectivity index (χ0v) is 12.3. The minimum atomic E-state index is 0.614. The second-order valence-electron chi connectivity index (χ2n) is 5.05. The fourth-order valence-electron chi connectivity index (χ4n) is 2.59. The number of halogens is 1. The van der Waals surface area contributed by atoms with Gasteiger partial charge in [0.1, 0.15) is 10.9 Å². The Balaban J connectivity index is 2.01. The molecule has 0 saturated carbocycles. The van der Waals surface area contributed by atoms with E-state index in [9.17, 15) is 0 Å². The van der Waals surface area contributed by atoms with Crippen LogP contribution >= 0.6 is 11.6 Å². The average Bonchev–Trinajstić information content (AvgIpc) is 2.73. The van der Waals surface area contributed by atoms with Crippen LogP contribution in [-0.2, 0) is 12.8 Å². The van der Waals surface area contributed by atoms with Crippen molar-refractivity contribution in [2.45, 2.75) is 32.1 Å². The number of methoxy groups -OCH3 is 1. The lowest BCUT2D eigenvalue weighted by atomic mass is 10.1. The predicted molar refractivity (Wildman–Crippen MR) is 80.3 cm³/mol. The van der Waals surface area contributed by atoms with Crippen molar-refractivity contribution in [3.8, 4) is 17.1 Å². The molecule has 0 spiro atoms. The second kappa shape index (κ2) is 5.80. The maximum atomic E-state index is 6.35. The van der Waals surface area contributed by atoms with E-state index in [2.05, 4.69) is 4.98 Å². The third-order valence-electron chi connectivity index (χ3n) is 3.73. The van der Waals surface area contributed by atoms with Crippen molar-refractivity contribution in [2.24, 2.45) is 0 Å². The number of benzene rings is 1. The molecule has 1 aromatic carbocycles. The fourth-order valence-corrected chi connectivity index (χ4v) is 2.88. The first-order valence-electron chi connectivity index (χ1n) is 6.97. The van der Waals surface area contributed by atoms with Crippen LogP contribution in [0.5, 0.6) is 5.75 Å². The molecule has 0 unspecified atom stereocenters. The molecule has 1 aliphatic carbocycles. The van der Waals surface area contributed by atoms with Crippen LogP contribution in [0.2, 0.25) is 5.15 Å². The molecule has 1 heterocycles. The summed E-state index contributed by atoms with van der Waals surface area (Å²) in [5.41, 5.74) is 3.23. The van der Waals surface area contributed by atoms with Crippen molar-refractivity contribution in [3.05, 3.63) is 40.7 Å². The quantitative estimate of drug-likeness (QED) is 0.617. The molecule has 0 fully saturated rings. The summed E-state index contributed by atoms with van der Waals surface area (Å²) < 4.78 is 5.17. The van der Waals surface area contributed by atoms with E-state index >= 15 is 0 Å². The van der Waals surface area contributed by atoms with Gasteiger partial charge in [-0.2, -0.15) is 0 Å². The van der Waals surface area contributed by atoms with Crippen LogP contribution in [0.3, 0.4) is 0 Å². The molecule has 0 N–H and O–H groups in total. The van der Waals surface area contributed by atoms with Crippen molar-refractivity contribution in [2.75, 3.05) is 7.11 Å². The Labute approximate surface area is 124 Å². The van der Waals surface area contributed by atoms with Crippen LogP contribution in [0, 0.1) is 0 Å². The van der Waals surface area contributed by atoms with Gasteiger partial charge in [-0.3, -0.25) is 0 Å². The summed E-state index contributed by atoms with van der Waals surface area (Å²) in [5, 5.41) is 0.614. The van der Waals surface area contributed by atoms with E-state index in [0.29, 0.717) is 11.0 Å². The van der Waals surface area contributed by atoms with E-state index in [1.807, 2.05) is 24.3 Å². The predicted octanol–water partition coefficient (Wildman–Crippen LogP) is 4.07. The number of hydrogen-bond donors (Lipinski definition) is 0. The van der Waals surface area contributed by atoms with Crippen LogP contribution in [0.1, 0.15) is 30.5 Å². The topological polar surface area (TPSA) is 35.0 Å². The maximum absolute atomic E-state index is 6.35. The van der Waals surface area contributed by atoms with Crippen molar-refractivity contribution < 1.29 is 4.74 Å². The molecule has 104 valence electrons. The van der Waals surface area contributed by atoms with Crippen LogP contribution < -0.4 is 4.74 Å². The number of fused-ring (bicyclic) bond motifs is 1. The van der Waals surface area contributed by atoms with Gasteiger partial charge in [0.2, 0.25) is 0 Å². The maximum Gasteiger partial charge on any atom is 0.161 e. The Morgan fingerprint density at radius 3 is 2.50 bits per heavy atom. The first kappa shape index (κ1) is 13.4. The second-order valence-corrected chi connectivity index (χ2v) is 5.41. The number of aromatic nitrogens is 2. The summed E-state index contributed by atoms with van der Waals surface area (Å²) in [4.78, 5) is 9.19. The summed E-state index contributed by atoms with van der Waals surface area (Å²) in [6, 6.07) is 7.76. The van der Waals surface area contributed by atoms with Gasteiger partial charge in [0, 0.05) is 16.8 Å². The van der Waals surface area contributed by atoms with E-state index < -0.39 is 0 Å². The number of aryl methyl sites for hydroxylation is 1. The van der Waals surface area contributed by atoms with Gasteiger partial charge in [-0.1, -0.05) is 18.0 Å². The lowest BCUT2D eigenvalue weighted by Gasteiger charge is -2.10. The van der Waals surface area contributed by atoms with Gasteiger partial charge in [0.15, 0.2) is 5.82 Å². The summed E-state index contributed by atoms with van der Waals surface area (Å²) in [6.07, 6.45) is 5.60. The lowest BCUT2D eigenvalue weighted by Crippen LogP contribution is -2.02. The number of rotatable bonds is 2. The van der Waals surface area contributed by atoms with Crippen molar-refractivity contribution >= 4 is 11.6 Å². The first-order chi connectivity index (χ1) is 9.78. The van der Waals surface area contributed by atoms with Gasteiger partial charge in [0.05, 0.1) is 7.11 Å². The van der Waals surface area contributed by atoms with Crippen molar-refractivity contribution in [3.63, 3.8) is 0 Å². The highest BCUT2D eigenvalue weighted by Gasteiger charge is 2.16. The summed E-state index contributed by atoms with van der Waals surface area (Å²) in [5.74, 6) is 1.54. The SMILES string of the molecule is COc1ccc(-c2nc(Cl)c3c(n2)CCCCC3)cc1. The average molecular weight is 289 g/mol. The Morgan fingerprint density at radius 1 is 1.00 bits per heavy atom. The fraction of sp³-hybridized carbons (Fsp3) is 0.375. The zero-order valence-electron chi connectivity index (χ0n) is 11.5. The molecule has 0 saturated heterocycles. The molecule has 0 radical (unpaired) electrons. The van der Waals surface area contributed by atoms with E-state index in [-0.39, 0.29) is 0 Å². The molecule has 4 heteroatoms. The van der Waals surface area contributed by atoms with Gasteiger partial charge < -0.3 is 4.74 Å². The molecule has 3 rings (SSSR count). The Morgan fingerprint density at radius 2 is 1.75 bits per heavy atom. The third-order valence-corrected chi connectivity index (χ3v) is 4.04. The molecule has 2 aromatic rings.